The van der Waals surface area contributed by atoms with E-state index >= 15 is 0 Å². The predicted octanol–water partition coefficient (Wildman–Crippen LogP) is 1.74. The van der Waals surface area contributed by atoms with E-state index in [-0.39, 0.29) is 12.5 Å². The highest BCUT2D eigenvalue weighted by molar-refractivity contribution is 6.06. The Labute approximate surface area is 134 Å². The number of fused-ring (bicyclic) bond motifs is 2. The summed E-state index contributed by atoms with van der Waals surface area (Å²) in [6, 6.07) is 9.89. The van der Waals surface area contributed by atoms with Gasteiger partial charge in [-0.1, -0.05) is 0 Å². The Morgan fingerprint density at radius 1 is 1.17 bits per heavy atom. The summed E-state index contributed by atoms with van der Waals surface area (Å²) in [6.07, 6.45) is 0. The van der Waals surface area contributed by atoms with Crippen LogP contribution in [0.5, 0.6) is 0 Å². The van der Waals surface area contributed by atoms with Gasteiger partial charge >= 0.3 is 5.76 Å². The standard InChI is InChI=1S/C16H12N4O4/c21-7-14-18-10-3-1-8(5-11(10)19-14)15(22)17-9-2-4-13-12(6-9)20-16(23)24-13/h1-6,21H,7H2,(H,17,22)(H,18,19)(H,20,23). The van der Waals surface area contributed by atoms with E-state index in [1.165, 1.54) is 0 Å². The number of aromatic nitrogens is 3. The largest absolute Gasteiger partial charge is 0.417 e. The summed E-state index contributed by atoms with van der Waals surface area (Å²) < 4.78 is 4.92. The quantitative estimate of drug-likeness (QED) is 0.457. The molecule has 1 amide bonds. The van der Waals surface area contributed by atoms with Crippen molar-refractivity contribution in [3.8, 4) is 0 Å². The summed E-state index contributed by atoms with van der Waals surface area (Å²) in [7, 11) is 0. The van der Waals surface area contributed by atoms with Gasteiger partial charge in [-0.2, -0.15) is 0 Å². The van der Waals surface area contributed by atoms with Crippen molar-refractivity contribution in [3.63, 3.8) is 0 Å². The van der Waals surface area contributed by atoms with Crippen molar-refractivity contribution in [2.45, 2.75) is 6.61 Å². The zero-order chi connectivity index (χ0) is 16.7. The Balaban J connectivity index is 1.63. The molecule has 0 aliphatic rings. The number of carbonyl (C=O) groups is 1. The summed E-state index contributed by atoms with van der Waals surface area (Å²) in [5, 5.41) is 11.9. The van der Waals surface area contributed by atoms with Crippen LogP contribution in [0, 0.1) is 0 Å². The molecule has 120 valence electrons. The Kier molecular flexibility index (Phi) is 3.17. The summed E-state index contributed by atoms with van der Waals surface area (Å²) in [4.78, 5) is 33.2. The number of carbonyl (C=O) groups excluding carboxylic acids is 1. The van der Waals surface area contributed by atoms with Crippen molar-refractivity contribution in [2.75, 3.05) is 5.32 Å². The molecule has 0 radical (unpaired) electrons. The highest BCUT2D eigenvalue weighted by Crippen LogP contribution is 2.18. The van der Waals surface area contributed by atoms with Crippen molar-refractivity contribution < 1.29 is 14.3 Å². The molecule has 4 aromatic rings. The minimum atomic E-state index is -0.544. The van der Waals surface area contributed by atoms with E-state index in [2.05, 4.69) is 20.3 Å². The van der Waals surface area contributed by atoms with Crippen LogP contribution in [-0.4, -0.2) is 26.0 Å². The van der Waals surface area contributed by atoms with Crippen LogP contribution in [0.3, 0.4) is 0 Å². The molecule has 0 atom stereocenters. The SMILES string of the molecule is O=C(Nc1ccc2oc(=O)[nH]c2c1)c1ccc2nc(CO)[nH]c2c1. The number of aliphatic hydroxyl groups excluding tert-OH is 1. The number of hydrogen-bond donors (Lipinski definition) is 4. The Morgan fingerprint density at radius 2 is 2.04 bits per heavy atom. The van der Waals surface area contributed by atoms with Crippen LogP contribution < -0.4 is 11.1 Å². The number of imidazole rings is 1. The second-order valence-corrected chi connectivity index (χ2v) is 5.25. The molecule has 0 bridgehead atoms. The van der Waals surface area contributed by atoms with Crippen LogP contribution >= 0.6 is 0 Å². The normalized spacial score (nSPS) is 11.2. The highest BCUT2D eigenvalue weighted by Gasteiger charge is 2.10. The maximum Gasteiger partial charge on any atom is 0.417 e. The van der Waals surface area contributed by atoms with Gasteiger partial charge in [0, 0.05) is 11.3 Å². The Morgan fingerprint density at radius 3 is 2.88 bits per heavy atom. The average Bonchev–Trinajstić information content (AvgIpc) is 3.15. The Bertz CT molecular complexity index is 1120. The summed E-state index contributed by atoms with van der Waals surface area (Å²) in [5.74, 6) is -0.406. The molecule has 0 aliphatic heterocycles. The molecule has 2 aromatic carbocycles. The third-order valence-corrected chi connectivity index (χ3v) is 3.62. The molecule has 24 heavy (non-hydrogen) atoms. The van der Waals surface area contributed by atoms with Gasteiger partial charge in [-0.05, 0) is 36.4 Å². The van der Waals surface area contributed by atoms with Gasteiger partial charge in [0.1, 0.15) is 12.4 Å². The minimum absolute atomic E-state index is 0.195. The third-order valence-electron chi connectivity index (χ3n) is 3.62. The molecule has 0 saturated carbocycles. The van der Waals surface area contributed by atoms with E-state index in [0.717, 1.165) is 0 Å². The number of oxazole rings is 1. The van der Waals surface area contributed by atoms with E-state index in [1.807, 2.05) is 0 Å². The van der Waals surface area contributed by atoms with Crippen molar-refractivity contribution in [1.82, 2.24) is 15.0 Å². The molecular formula is C16H12N4O4. The molecule has 4 N–H and O–H groups in total. The lowest BCUT2D eigenvalue weighted by Gasteiger charge is -2.05. The van der Waals surface area contributed by atoms with Crippen LogP contribution in [0.2, 0.25) is 0 Å². The van der Waals surface area contributed by atoms with Gasteiger partial charge in [0.05, 0.1) is 16.6 Å². The summed E-state index contributed by atoms with van der Waals surface area (Å²) >= 11 is 0. The third kappa shape index (κ3) is 2.44. The van der Waals surface area contributed by atoms with E-state index in [1.54, 1.807) is 36.4 Å². The van der Waals surface area contributed by atoms with Gasteiger partial charge in [-0.3, -0.25) is 9.78 Å². The van der Waals surface area contributed by atoms with E-state index in [4.69, 9.17) is 9.52 Å². The molecule has 8 nitrogen and oxygen atoms in total. The van der Waals surface area contributed by atoms with Crippen molar-refractivity contribution >= 4 is 33.7 Å². The lowest BCUT2D eigenvalue weighted by atomic mass is 10.2. The van der Waals surface area contributed by atoms with Crippen LogP contribution in [0.25, 0.3) is 22.1 Å². The van der Waals surface area contributed by atoms with Crippen molar-refractivity contribution in [1.29, 1.82) is 0 Å². The number of anilines is 1. The zero-order valence-corrected chi connectivity index (χ0v) is 12.3. The fraction of sp³-hybridized carbons (Fsp3) is 0.0625. The van der Waals surface area contributed by atoms with Crippen molar-refractivity contribution in [2.24, 2.45) is 0 Å². The number of nitrogens with one attached hydrogen (secondary N) is 3. The fourth-order valence-electron chi connectivity index (χ4n) is 2.51. The number of aliphatic hydroxyl groups is 1. The number of aromatic amines is 2. The molecule has 2 heterocycles. The number of amides is 1. The number of nitrogens with zero attached hydrogens (tertiary/aromatic N) is 1. The van der Waals surface area contributed by atoms with E-state index in [9.17, 15) is 9.59 Å². The maximum absolute atomic E-state index is 12.4. The topological polar surface area (TPSA) is 124 Å². The van der Waals surface area contributed by atoms with Gasteiger partial charge in [0.15, 0.2) is 5.58 Å². The van der Waals surface area contributed by atoms with Gasteiger partial charge in [0.25, 0.3) is 5.91 Å². The van der Waals surface area contributed by atoms with Gasteiger partial charge in [-0.15, -0.1) is 0 Å². The lowest BCUT2D eigenvalue weighted by Crippen LogP contribution is -2.11. The molecule has 0 fully saturated rings. The molecule has 0 unspecified atom stereocenters. The first-order chi connectivity index (χ1) is 11.6. The second-order valence-electron chi connectivity index (χ2n) is 5.25. The number of H-pyrrole nitrogens is 2. The molecule has 0 aliphatic carbocycles. The first-order valence-electron chi connectivity index (χ1n) is 7.16. The Hall–Kier alpha value is -3.39. The molecule has 8 heteroatoms. The summed E-state index contributed by atoms with van der Waals surface area (Å²) in [6.45, 7) is -0.195. The molecule has 0 saturated heterocycles. The van der Waals surface area contributed by atoms with Crippen LogP contribution in [0.4, 0.5) is 5.69 Å². The van der Waals surface area contributed by atoms with Gasteiger partial charge in [0.2, 0.25) is 0 Å². The number of hydrogen-bond acceptors (Lipinski definition) is 5. The predicted molar refractivity (Wildman–Crippen MR) is 86.8 cm³/mol. The average molecular weight is 324 g/mol. The van der Waals surface area contributed by atoms with Gasteiger partial charge < -0.3 is 19.8 Å². The monoisotopic (exact) mass is 324 g/mol. The van der Waals surface area contributed by atoms with Gasteiger partial charge in [-0.25, -0.2) is 9.78 Å². The second kappa shape index (κ2) is 5.36. The van der Waals surface area contributed by atoms with Crippen LogP contribution in [0.1, 0.15) is 16.2 Å². The van der Waals surface area contributed by atoms with E-state index in [0.29, 0.717) is 39.2 Å². The number of benzene rings is 2. The molecule has 2 aromatic heterocycles. The minimum Gasteiger partial charge on any atom is -0.408 e. The highest BCUT2D eigenvalue weighted by atomic mass is 16.4. The fourth-order valence-corrected chi connectivity index (χ4v) is 2.51. The first-order valence-corrected chi connectivity index (χ1v) is 7.16. The molecule has 4 rings (SSSR count). The smallest absolute Gasteiger partial charge is 0.408 e. The van der Waals surface area contributed by atoms with Crippen molar-refractivity contribution in [3.05, 3.63) is 58.3 Å². The van der Waals surface area contributed by atoms with E-state index < -0.39 is 5.76 Å². The zero-order valence-electron chi connectivity index (χ0n) is 12.3. The number of rotatable bonds is 3. The maximum atomic E-state index is 12.4. The first kappa shape index (κ1) is 14.2. The molecular weight excluding hydrogens is 312 g/mol. The summed E-state index contributed by atoms with van der Waals surface area (Å²) in [5.41, 5.74) is 3.25. The lowest BCUT2D eigenvalue weighted by molar-refractivity contribution is 0.102. The van der Waals surface area contributed by atoms with Crippen LogP contribution in [-0.2, 0) is 6.61 Å². The van der Waals surface area contributed by atoms with Crippen LogP contribution in [0.15, 0.2) is 45.6 Å². The molecule has 0 spiro atoms.